The van der Waals surface area contributed by atoms with Gasteiger partial charge < -0.3 is 9.64 Å². The smallest absolute Gasteiger partial charge is 0.264 e. The highest BCUT2D eigenvalue weighted by Crippen LogP contribution is 2.37. The molecule has 0 bridgehead atoms. The quantitative estimate of drug-likeness (QED) is 0.728. The Morgan fingerprint density at radius 1 is 1.29 bits per heavy atom. The van der Waals surface area contributed by atoms with E-state index >= 15 is 0 Å². The molecular formula is C20H16FN3O3S. The van der Waals surface area contributed by atoms with Crippen LogP contribution in [0.2, 0.25) is 0 Å². The Kier molecular flexibility index (Phi) is 4.56. The van der Waals surface area contributed by atoms with Crippen LogP contribution in [0, 0.1) is 12.7 Å². The minimum atomic E-state index is -0.474. The van der Waals surface area contributed by atoms with Crippen molar-refractivity contribution in [3.8, 4) is 17.0 Å². The number of hydrogen-bond donors (Lipinski definition) is 1. The molecule has 1 aliphatic rings. The second kappa shape index (κ2) is 7.05. The van der Waals surface area contributed by atoms with E-state index in [1.54, 1.807) is 18.0 Å². The minimum absolute atomic E-state index is 0.0227. The molecule has 0 fully saturated rings. The molecule has 142 valence electrons. The average molecular weight is 397 g/mol. The van der Waals surface area contributed by atoms with Gasteiger partial charge in [0.05, 0.1) is 11.4 Å². The summed E-state index contributed by atoms with van der Waals surface area (Å²) in [5.74, 6) is -0.386. The average Bonchev–Trinajstić information content (AvgIpc) is 3.04. The molecule has 2 amide bonds. The van der Waals surface area contributed by atoms with E-state index in [-0.39, 0.29) is 18.1 Å². The van der Waals surface area contributed by atoms with Crippen LogP contribution in [0.1, 0.15) is 15.2 Å². The van der Waals surface area contributed by atoms with Crippen molar-refractivity contribution in [1.29, 1.82) is 0 Å². The number of halogens is 1. The van der Waals surface area contributed by atoms with Crippen molar-refractivity contribution in [1.82, 2.24) is 4.98 Å². The second-order valence-corrected chi connectivity index (χ2v) is 7.52. The molecule has 3 aromatic rings. The lowest BCUT2D eigenvalue weighted by molar-refractivity contribution is -0.120. The first-order chi connectivity index (χ1) is 13.4. The van der Waals surface area contributed by atoms with Gasteiger partial charge in [-0.05, 0) is 43.3 Å². The largest absolute Gasteiger partial charge is 0.482 e. The zero-order valence-corrected chi connectivity index (χ0v) is 16.0. The first-order valence-electron chi connectivity index (χ1n) is 8.50. The molecule has 0 radical (unpaired) electrons. The Bertz CT molecular complexity index is 1100. The van der Waals surface area contributed by atoms with E-state index in [1.165, 1.54) is 35.6 Å². The van der Waals surface area contributed by atoms with Crippen molar-refractivity contribution in [3.63, 3.8) is 0 Å². The molecule has 4 rings (SSSR count). The number of aryl methyl sites for hydroxylation is 1. The van der Waals surface area contributed by atoms with Gasteiger partial charge in [-0.25, -0.2) is 9.37 Å². The van der Waals surface area contributed by atoms with Gasteiger partial charge in [0.1, 0.15) is 11.6 Å². The summed E-state index contributed by atoms with van der Waals surface area (Å²) < 4.78 is 18.8. The zero-order chi connectivity index (χ0) is 19.8. The third-order valence-corrected chi connectivity index (χ3v) is 5.31. The van der Waals surface area contributed by atoms with Gasteiger partial charge in [0.25, 0.3) is 11.8 Å². The summed E-state index contributed by atoms with van der Waals surface area (Å²) in [6.45, 7) is 1.92. The van der Waals surface area contributed by atoms with Gasteiger partial charge in [0.15, 0.2) is 11.7 Å². The van der Waals surface area contributed by atoms with Crippen molar-refractivity contribution in [2.75, 3.05) is 23.9 Å². The summed E-state index contributed by atoms with van der Waals surface area (Å²) in [5.41, 5.74) is 2.41. The van der Waals surface area contributed by atoms with Crippen LogP contribution in [0.5, 0.6) is 5.75 Å². The zero-order valence-electron chi connectivity index (χ0n) is 15.2. The summed E-state index contributed by atoms with van der Waals surface area (Å²) >= 11 is 1.33. The number of nitrogens with one attached hydrogen (secondary N) is 1. The van der Waals surface area contributed by atoms with Crippen molar-refractivity contribution >= 4 is 34.0 Å². The molecule has 0 saturated heterocycles. The Labute approximate surface area is 164 Å². The number of ether oxygens (including phenoxy) is 1. The molecule has 2 aromatic carbocycles. The predicted octanol–water partition coefficient (Wildman–Crippen LogP) is 3.87. The lowest BCUT2D eigenvalue weighted by Crippen LogP contribution is -2.35. The Morgan fingerprint density at radius 2 is 2.11 bits per heavy atom. The molecule has 0 unspecified atom stereocenters. The van der Waals surface area contributed by atoms with Crippen molar-refractivity contribution in [2.24, 2.45) is 0 Å². The van der Waals surface area contributed by atoms with Crippen LogP contribution in [-0.2, 0) is 4.79 Å². The number of thiazole rings is 1. The number of fused-ring (bicyclic) bond motifs is 1. The number of nitrogens with zero attached hydrogens (tertiary/aromatic N) is 2. The third-order valence-electron chi connectivity index (χ3n) is 4.42. The molecule has 1 N–H and O–H groups in total. The van der Waals surface area contributed by atoms with Gasteiger partial charge in [-0.15, -0.1) is 11.3 Å². The standard InChI is InChI=1S/C20H16FN3O3S/c1-11-18(12-6-7-16-15(9-12)24(2)17(25)10-27-16)22-20(28-11)23-19(26)13-4-3-5-14(21)8-13/h3-9H,10H2,1-2H3,(H,22,23,26). The Hall–Kier alpha value is -3.26. The number of aromatic nitrogens is 1. The van der Waals surface area contributed by atoms with Crippen molar-refractivity contribution in [2.45, 2.75) is 6.92 Å². The van der Waals surface area contributed by atoms with Crippen molar-refractivity contribution < 1.29 is 18.7 Å². The van der Waals surface area contributed by atoms with Crippen LogP contribution in [0.15, 0.2) is 42.5 Å². The Balaban J connectivity index is 1.62. The van der Waals surface area contributed by atoms with Gasteiger partial charge >= 0.3 is 0 Å². The normalized spacial score (nSPS) is 13.1. The summed E-state index contributed by atoms with van der Waals surface area (Å²) in [6.07, 6.45) is 0. The minimum Gasteiger partial charge on any atom is -0.482 e. The van der Waals surface area contributed by atoms with Gasteiger partial charge in [-0.1, -0.05) is 6.07 Å². The number of rotatable bonds is 3. The number of likely N-dealkylation sites (N-methyl/N-ethyl adjacent to an activating group) is 1. The maximum Gasteiger partial charge on any atom is 0.264 e. The fourth-order valence-electron chi connectivity index (χ4n) is 2.94. The highest BCUT2D eigenvalue weighted by atomic mass is 32.1. The van der Waals surface area contributed by atoms with Crippen LogP contribution < -0.4 is 15.0 Å². The summed E-state index contributed by atoms with van der Waals surface area (Å²) in [6, 6.07) is 11.0. The molecule has 0 aliphatic carbocycles. The van der Waals surface area contributed by atoms with E-state index in [4.69, 9.17) is 4.74 Å². The molecule has 0 spiro atoms. The third kappa shape index (κ3) is 3.34. The number of amides is 2. The monoisotopic (exact) mass is 397 g/mol. The van der Waals surface area contributed by atoms with E-state index in [9.17, 15) is 14.0 Å². The molecule has 8 heteroatoms. The molecular weight excluding hydrogens is 381 g/mol. The van der Waals surface area contributed by atoms with Crippen LogP contribution in [0.25, 0.3) is 11.3 Å². The van der Waals surface area contributed by atoms with E-state index in [0.717, 1.165) is 10.4 Å². The fraction of sp³-hybridized carbons (Fsp3) is 0.150. The molecule has 0 saturated carbocycles. The van der Waals surface area contributed by atoms with Gasteiger partial charge in [-0.3, -0.25) is 14.9 Å². The SMILES string of the molecule is Cc1sc(NC(=O)c2cccc(F)c2)nc1-c1ccc2c(c1)N(C)C(=O)CO2. The second-order valence-electron chi connectivity index (χ2n) is 6.31. The van der Waals surface area contributed by atoms with E-state index in [1.807, 2.05) is 19.1 Å². The van der Waals surface area contributed by atoms with Crippen LogP contribution in [-0.4, -0.2) is 30.5 Å². The summed E-state index contributed by atoms with van der Waals surface area (Å²) in [4.78, 5) is 31.2. The topological polar surface area (TPSA) is 71.5 Å². The van der Waals surface area contributed by atoms with E-state index in [0.29, 0.717) is 22.3 Å². The number of anilines is 2. The predicted molar refractivity (Wildman–Crippen MR) is 106 cm³/mol. The first kappa shape index (κ1) is 18.1. The highest BCUT2D eigenvalue weighted by molar-refractivity contribution is 7.16. The number of carbonyl (C=O) groups excluding carboxylic acids is 2. The number of benzene rings is 2. The maximum absolute atomic E-state index is 13.3. The molecule has 0 atom stereocenters. The Morgan fingerprint density at radius 3 is 2.89 bits per heavy atom. The molecule has 1 aromatic heterocycles. The summed E-state index contributed by atoms with van der Waals surface area (Å²) in [5, 5.41) is 3.12. The van der Waals surface area contributed by atoms with E-state index < -0.39 is 11.7 Å². The van der Waals surface area contributed by atoms with Gasteiger partial charge in [0.2, 0.25) is 0 Å². The summed E-state index contributed by atoms with van der Waals surface area (Å²) in [7, 11) is 1.70. The maximum atomic E-state index is 13.3. The number of carbonyl (C=O) groups is 2. The van der Waals surface area contributed by atoms with Gasteiger partial charge in [0, 0.05) is 23.1 Å². The van der Waals surface area contributed by atoms with Crippen LogP contribution >= 0.6 is 11.3 Å². The highest BCUT2D eigenvalue weighted by Gasteiger charge is 2.23. The van der Waals surface area contributed by atoms with Crippen LogP contribution in [0.4, 0.5) is 15.2 Å². The van der Waals surface area contributed by atoms with Gasteiger partial charge in [-0.2, -0.15) is 0 Å². The fourth-order valence-corrected chi connectivity index (χ4v) is 3.77. The first-order valence-corrected chi connectivity index (χ1v) is 9.32. The van der Waals surface area contributed by atoms with E-state index in [2.05, 4.69) is 10.3 Å². The molecule has 1 aliphatic heterocycles. The lowest BCUT2D eigenvalue weighted by Gasteiger charge is -2.26. The van der Waals surface area contributed by atoms with Crippen molar-refractivity contribution in [3.05, 3.63) is 58.7 Å². The van der Waals surface area contributed by atoms with Crippen LogP contribution in [0.3, 0.4) is 0 Å². The molecule has 28 heavy (non-hydrogen) atoms. The molecule has 6 nitrogen and oxygen atoms in total. The lowest BCUT2D eigenvalue weighted by atomic mass is 10.1. The molecule has 2 heterocycles. The number of hydrogen-bond acceptors (Lipinski definition) is 5.